The van der Waals surface area contributed by atoms with Crippen LogP contribution in [0, 0.1) is 5.82 Å². The van der Waals surface area contributed by atoms with Gasteiger partial charge in [-0.15, -0.1) is 11.8 Å². The lowest BCUT2D eigenvalue weighted by molar-refractivity contribution is -0.115. The molecule has 1 N–H and O–H groups in total. The van der Waals surface area contributed by atoms with E-state index in [-0.39, 0.29) is 16.9 Å². The van der Waals surface area contributed by atoms with Gasteiger partial charge in [-0.1, -0.05) is 6.07 Å². The fourth-order valence-electron chi connectivity index (χ4n) is 2.01. The first-order valence-corrected chi connectivity index (χ1v) is 8.47. The maximum Gasteiger partial charge on any atom is 0.237 e. The first-order chi connectivity index (χ1) is 11.5. The number of halogens is 1. The Kier molecular flexibility index (Phi) is 6.49. The Morgan fingerprint density at radius 2 is 1.88 bits per heavy atom. The first-order valence-electron chi connectivity index (χ1n) is 7.42. The molecule has 0 aliphatic heterocycles. The van der Waals surface area contributed by atoms with Gasteiger partial charge in [0, 0.05) is 11.4 Å². The Labute approximate surface area is 145 Å². The number of methoxy groups -OCH3 is 2. The van der Waals surface area contributed by atoms with Gasteiger partial charge >= 0.3 is 0 Å². The number of rotatable bonds is 7. The van der Waals surface area contributed by atoms with Crippen molar-refractivity contribution in [2.75, 3.05) is 19.5 Å². The summed E-state index contributed by atoms with van der Waals surface area (Å²) in [5, 5.41) is 2.58. The summed E-state index contributed by atoms with van der Waals surface area (Å²) >= 11 is 1.44. The molecule has 1 unspecified atom stereocenters. The fourth-order valence-corrected chi connectivity index (χ4v) is 2.85. The predicted molar refractivity (Wildman–Crippen MR) is 95.3 cm³/mol. The molecule has 2 aromatic rings. The summed E-state index contributed by atoms with van der Waals surface area (Å²) in [6, 6.07) is 12.0. The van der Waals surface area contributed by atoms with Crippen molar-refractivity contribution in [3.8, 4) is 11.5 Å². The lowest BCUT2D eigenvalue weighted by Gasteiger charge is -2.13. The monoisotopic (exact) mass is 349 g/mol. The minimum Gasteiger partial charge on any atom is -0.497 e. The van der Waals surface area contributed by atoms with Crippen LogP contribution in [-0.2, 0) is 10.5 Å². The van der Waals surface area contributed by atoms with Crippen molar-refractivity contribution >= 4 is 23.4 Å². The van der Waals surface area contributed by atoms with Gasteiger partial charge in [-0.25, -0.2) is 4.39 Å². The van der Waals surface area contributed by atoms with Crippen LogP contribution in [0.15, 0.2) is 42.5 Å². The number of ether oxygens (including phenoxy) is 2. The first kappa shape index (κ1) is 18.1. The Balaban J connectivity index is 1.87. The van der Waals surface area contributed by atoms with Crippen LogP contribution in [0.25, 0.3) is 0 Å². The molecule has 0 saturated carbocycles. The number of nitrogens with one attached hydrogen (secondary N) is 1. The highest BCUT2D eigenvalue weighted by Crippen LogP contribution is 2.24. The SMILES string of the molecule is COc1ccc(NC(=O)C(C)SCc2ccc(OC)c(F)c2)cc1. The minimum atomic E-state index is -0.397. The Bertz CT molecular complexity index is 691. The number of anilines is 1. The molecule has 0 heterocycles. The van der Waals surface area contributed by atoms with Gasteiger partial charge in [-0.2, -0.15) is 0 Å². The van der Waals surface area contributed by atoms with E-state index in [1.165, 1.54) is 24.9 Å². The van der Waals surface area contributed by atoms with E-state index in [9.17, 15) is 9.18 Å². The molecule has 6 heteroatoms. The lowest BCUT2D eigenvalue weighted by atomic mass is 10.2. The Morgan fingerprint density at radius 3 is 2.46 bits per heavy atom. The molecule has 0 aromatic heterocycles. The zero-order valence-electron chi connectivity index (χ0n) is 13.8. The summed E-state index contributed by atoms with van der Waals surface area (Å²) in [5.74, 6) is 0.995. The molecule has 1 amide bonds. The van der Waals surface area contributed by atoms with Crippen molar-refractivity contribution in [1.29, 1.82) is 0 Å². The summed E-state index contributed by atoms with van der Waals surface area (Å²) in [6.07, 6.45) is 0. The molecule has 0 radical (unpaired) electrons. The summed E-state index contributed by atoms with van der Waals surface area (Å²) in [6.45, 7) is 1.82. The van der Waals surface area contributed by atoms with Gasteiger partial charge in [0.1, 0.15) is 5.75 Å². The van der Waals surface area contributed by atoms with Gasteiger partial charge in [-0.05, 0) is 48.9 Å². The third-order valence-corrected chi connectivity index (χ3v) is 4.66. The van der Waals surface area contributed by atoms with E-state index in [0.29, 0.717) is 11.4 Å². The van der Waals surface area contributed by atoms with Crippen molar-refractivity contribution in [2.45, 2.75) is 17.9 Å². The van der Waals surface area contributed by atoms with Crippen LogP contribution in [0.2, 0.25) is 0 Å². The standard InChI is InChI=1S/C18H20FNO3S/c1-12(18(21)20-14-5-7-15(22-2)8-6-14)24-11-13-4-9-17(23-3)16(19)10-13/h4-10,12H,11H2,1-3H3,(H,20,21). The molecule has 24 heavy (non-hydrogen) atoms. The largest absolute Gasteiger partial charge is 0.497 e. The molecular formula is C18H20FNO3S. The highest BCUT2D eigenvalue weighted by molar-refractivity contribution is 7.99. The van der Waals surface area contributed by atoms with Gasteiger partial charge in [0.2, 0.25) is 5.91 Å². The molecule has 128 valence electrons. The molecule has 0 bridgehead atoms. The normalized spacial score (nSPS) is 11.7. The highest BCUT2D eigenvalue weighted by atomic mass is 32.2. The van der Waals surface area contributed by atoms with Crippen LogP contribution in [0.4, 0.5) is 10.1 Å². The number of hydrogen-bond donors (Lipinski definition) is 1. The average Bonchev–Trinajstić information content (AvgIpc) is 2.60. The van der Waals surface area contributed by atoms with Crippen molar-refractivity contribution in [2.24, 2.45) is 0 Å². The molecular weight excluding hydrogens is 329 g/mol. The number of amides is 1. The van der Waals surface area contributed by atoms with Crippen molar-refractivity contribution < 1.29 is 18.7 Å². The second-order valence-corrected chi connectivity index (χ2v) is 6.47. The molecule has 2 aromatic carbocycles. The van der Waals surface area contributed by atoms with Gasteiger partial charge in [0.05, 0.1) is 19.5 Å². The molecule has 4 nitrogen and oxygen atoms in total. The molecule has 0 aliphatic rings. The minimum absolute atomic E-state index is 0.0980. The maximum absolute atomic E-state index is 13.7. The van der Waals surface area contributed by atoms with E-state index in [4.69, 9.17) is 9.47 Å². The lowest BCUT2D eigenvalue weighted by Crippen LogP contribution is -2.22. The highest BCUT2D eigenvalue weighted by Gasteiger charge is 2.14. The maximum atomic E-state index is 13.7. The second kappa shape index (κ2) is 8.59. The van der Waals surface area contributed by atoms with E-state index < -0.39 is 5.82 Å². The molecule has 0 aliphatic carbocycles. The zero-order valence-corrected chi connectivity index (χ0v) is 14.7. The molecule has 1 atom stereocenters. The van der Waals surface area contributed by atoms with Crippen molar-refractivity contribution in [3.63, 3.8) is 0 Å². The summed E-state index contributed by atoms with van der Waals surface area (Å²) in [4.78, 5) is 12.2. The van der Waals surface area contributed by atoms with Crippen molar-refractivity contribution in [1.82, 2.24) is 0 Å². The fraction of sp³-hybridized carbons (Fsp3) is 0.278. The average molecular weight is 349 g/mol. The molecule has 0 saturated heterocycles. The second-order valence-electron chi connectivity index (χ2n) is 5.14. The van der Waals surface area contributed by atoms with E-state index in [1.54, 1.807) is 43.5 Å². The number of carbonyl (C=O) groups is 1. The van der Waals surface area contributed by atoms with E-state index in [2.05, 4.69) is 5.32 Å². The smallest absolute Gasteiger partial charge is 0.237 e. The summed E-state index contributed by atoms with van der Waals surface area (Å²) in [5.41, 5.74) is 1.52. The van der Waals surface area contributed by atoms with Crippen LogP contribution in [-0.4, -0.2) is 25.4 Å². The topological polar surface area (TPSA) is 47.6 Å². The number of thioether (sulfide) groups is 1. The van der Waals surface area contributed by atoms with Gasteiger partial charge < -0.3 is 14.8 Å². The molecule has 2 rings (SSSR count). The van der Waals surface area contributed by atoms with Crippen molar-refractivity contribution in [3.05, 3.63) is 53.8 Å². The summed E-state index contributed by atoms with van der Waals surface area (Å²) < 4.78 is 23.6. The Morgan fingerprint density at radius 1 is 1.17 bits per heavy atom. The number of hydrogen-bond acceptors (Lipinski definition) is 4. The van der Waals surface area contributed by atoms with E-state index >= 15 is 0 Å². The van der Waals surface area contributed by atoms with Crippen LogP contribution >= 0.6 is 11.8 Å². The van der Waals surface area contributed by atoms with E-state index in [0.717, 1.165) is 11.3 Å². The predicted octanol–water partition coefficient (Wildman–Crippen LogP) is 4.10. The number of benzene rings is 2. The zero-order chi connectivity index (χ0) is 17.5. The van der Waals surface area contributed by atoms with Crippen LogP contribution in [0.5, 0.6) is 11.5 Å². The van der Waals surface area contributed by atoms with Crippen LogP contribution < -0.4 is 14.8 Å². The van der Waals surface area contributed by atoms with E-state index in [1.807, 2.05) is 6.92 Å². The van der Waals surface area contributed by atoms with Gasteiger partial charge in [0.25, 0.3) is 0 Å². The quantitative estimate of drug-likeness (QED) is 0.817. The molecule has 0 fully saturated rings. The molecule has 0 spiro atoms. The van der Waals surface area contributed by atoms with Crippen LogP contribution in [0.1, 0.15) is 12.5 Å². The van der Waals surface area contributed by atoms with Gasteiger partial charge in [-0.3, -0.25) is 4.79 Å². The Hall–Kier alpha value is -2.21. The number of carbonyl (C=O) groups excluding carboxylic acids is 1. The van der Waals surface area contributed by atoms with Crippen LogP contribution in [0.3, 0.4) is 0 Å². The third-order valence-electron chi connectivity index (χ3n) is 3.44. The summed E-state index contributed by atoms with van der Waals surface area (Å²) in [7, 11) is 3.02. The third kappa shape index (κ3) is 4.89. The van der Waals surface area contributed by atoms with Gasteiger partial charge in [0.15, 0.2) is 11.6 Å².